The summed E-state index contributed by atoms with van der Waals surface area (Å²) in [6, 6.07) is 12.4. The fourth-order valence-electron chi connectivity index (χ4n) is 3.21. The summed E-state index contributed by atoms with van der Waals surface area (Å²) in [6.45, 7) is 0.156. The molecule has 0 fully saturated rings. The van der Waals surface area contributed by atoms with Gasteiger partial charge < -0.3 is 15.3 Å². The summed E-state index contributed by atoms with van der Waals surface area (Å²) in [6.07, 6.45) is -0.599. The lowest BCUT2D eigenvalue weighted by molar-refractivity contribution is -0.141. The van der Waals surface area contributed by atoms with Gasteiger partial charge in [0.25, 0.3) is 0 Å². The van der Waals surface area contributed by atoms with Crippen LogP contribution in [0.5, 0.6) is 11.5 Å². The Hall–Kier alpha value is -3.85. The smallest absolute Gasteiger partial charge is 0.435 e. The van der Waals surface area contributed by atoms with Crippen LogP contribution in [0, 0.1) is 5.41 Å². The monoisotopic (exact) mass is 472 g/mol. The van der Waals surface area contributed by atoms with Gasteiger partial charge in [-0.1, -0.05) is 23.7 Å². The molecule has 0 bridgehead atoms. The molecule has 10 heteroatoms. The number of hydrogen-bond acceptors (Lipinski definition) is 5. The average molecular weight is 473 g/mol. The number of nitrogens with one attached hydrogen (secondary N) is 2. The Labute approximate surface area is 191 Å². The van der Waals surface area contributed by atoms with Gasteiger partial charge >= 0.3 is 6.18 Å². The number of halogens is 4. The van der Waals surface area contributed by atoms with Gasteiger partial charge in [-0.05, 0) is 42.0 Å². The van der Waals surface area contributed by atoms with E-state index >= 15 is 0 Å². The number of aromatic nitrogens is 3. The van der Waals surface area contributed by atoms with Gasteiger partial charge in [0.2, 0.25) is 0 Å². The minimum Gasteiger partial charge on any atom is -0.506 e. The lowest BCUT2D eigenvalue weighted by Crippen LogP contribution is -2.04. The third kappa shape index (κ3) is 4.83. The van der Waals surface area contributed by atoms with Crippen molar-refractivity contribution in [1.82, 2.24) is 15.2 Å². The van der Waals surface area contributed by atoms with Crippen LogP contribution in [0.1, 0.15) is 16.8 Å². The van der Waals surface area contributed by atoms with E-state index < -0.39 is 11.9 Å². The maximum absolute atomic E-state index is 13.0. The number of alkyl halides is 3. The molecule has 0 unspecified atom stereocenters. The second kappa shape index (κ2) is 8.95. The van der Waals surface area contributed by atoms with Crippen molar-refractivity contribution in [3.05, 3.63) is 82.8 Å². The zero-order valence-electron chi connectivity index (χ0n) is 16.8. The highest BCUT2D eigenvalue weighted by Crippen LogP contribution is 2.44. The standard InChI is InChI=1S/C23H16ClF3N4O2/c24-16-3-1-13(2-4-16)12-33-19-6-5-17(18-8-20(31-30-18)23(25,26)27)22(32)21(19)15-7-14(9-28)10-29-11-15/h1-11,28,32H,12H2,(H,30,31). The number of hydrogen-bond donors (Lipinski definition) is 3. The van der Waals surface area contributed by atoms with Crippen LogP contribution in [-0.4, -0.2) is 26.5 Å². The molecule has 0 aliphatic carbocycles. The summed E-state index contributed by atoms with van der Waals surface area (Å²) >= 11 is 5.91. The summed E-state index contributed by atoms with van der Waals surface area (Å²) in [7, 11) is 0. The lowest BCUT2D eigenvalue weighted by atomic mass is 9.99. The Morgan fingerprint density at radius 1 is 1.09 bits per heavy atom. The number of benzene rings is 2. The molecule has 0 atom stereocenters. The first-order valence-electron chi connectivity index (χ1n) is 9.58. The summed E-state index contributed by atoms with van der Waals surface area (Å²) in [4.78, 5) is 4.08. The van der Waals surface area contributed by atoms with Gasteiger partial charge in [0.1, 0.15) is 18.1 Å². The number of pyridine rings is 1. The molecule has 33 heavy (non-hydrogen) atoms. The van der Waals surface area contributed by atoms with E-state index in [9.17, 15) is 18.3 Å². The quantitative estimate of drug-likeness (QED) is 0.296. The summed E-state index contributed by atoms with van der Waals surface area (Å²) in [5, 5.41) is 24.7. The molecule has 0 radical (unpaired) electrons. The van der Waals surface area contributed by atoms with E-state index in [4.69, 9.17) is 21.7 Å². The number of phenols is 1. The van der Waals surface area contributed by atoms with Crippen LogP contribution in [0.3, 0.4) is 0 Å². The number of aromatic hydroxyl groups is 1. The van der Waals surface area contributed by atoms with Gasteiger partial charge in [-0.3, -0.25) is 10.1 Å². The fourth-order valence-corrected chi connectivity index (χ4v) is 3.34. The first-order valence-corrected chi connectivity index (χ1v) is 9.96. The molecule has 2 aromatic carbocycles. The third-order valence-electron chi connectivity index (χ3n) is 4.82. The van der Waals surface area contributed by atoms with Gasteiger partial charge in [0.05, 0.1) is 11.3 Å². The maximum atomic E-state index is 13.0. The van der Waals surface area contributed by atoms with Gasteiger partial charge in [-0.2, -0.15) is 18.3 Å². The zero-order valence-corrected chi connectivity index (χ0v) is 17.6. The van der Waals surface area contributed by atoms with E-state index in [1.165, 1.54) is 18.5 Å². The Morgan fingerprint density at radius 3 is 2.52 bits per heavy atom. The van der Waals surface area contributed by atoms with Crippen molar-refractivity contribution in [3.8, 4) is 33.9 Å². The number of rotatable bonds is 6. The Bertz CT molecular complexity index is 1300. The number of nitrogens with zero attached hydrogens (tertiary/aromatic N) is 2. The first-order chi connectivity index (χ1) is 15.8. The second-order valence-corrected chi connectivity index (χ2v) is 7.50. The van der Waals surface area contributed by atoms with E-state index in [2.05, 4.69) is 15.2 Å². The first kappa shape index (κ1) is 22.3. The van der Waals surface area contributed by atoms with Crippen LogP contribution in [-0.2, 0) is 12.8 Å². The lowest BCUT2D eigenvalue weighted by Gasteiger charge is -2.16. The summed E-state index contributed by atoms with van der Waals surface area (Å²) in [5.41, 5.74) is 0.936. The molecule has 0 spiro atoms. The normalized spacial score (nSPS) is 11.4. The van der Waals surface area contributed by atoms with Gasteiger partial charge in [-0.15, -0.1) is 0 Å². The van der Waals surface area contributed by atoms with Crippen molar-refractivity contribution >= 4 is 17.8 Å². The van der Waals surface area contributed by atoms with E-state index in [-0.39, 0.29) is 34.9 Å². The molecule has 2 aromatic heterocycles. The van der Waals surface area contributed by atoms with E-state index in [1.54, 1.807) is 36.4 Å². The largest absolute Gasteiger partial charge is 0.506 e. The zero-order chi connectivity index (χ0) is 23.6. The van der Waals surface area contributed by atoms with E-state index in [0.29, 0.717) is 16.1 Å². The van der Waals surface area contributed by atoms with Crippen molar-refractivity contribution in [1.29, 1.82) is 5.41 Å². The van der Waals surface area contributed by atoms with Gasteiger partial charge in [0, 0.05) is 40.3 Å². The summed E-state index contributed by atoms with van der Waals surface area (Å²) < 4.78 is 44.9. The molecular weight excluding hydrogens is 457 g/mol. The van der Waals surface area contributed by atoms with Crippen molar-refractivity contribution < 1.29 is 23.0 Å². The molecule has 0 amide bonds. The molecule has 2 heterocycles. The van der Waals surface area contributed by atoms with E-state index in [0.717, 1.165) is 17.8 Å². The third-order valence-corrected chi connectivity index (χ3v) is 5.07. The van der Waals surface area contributed by atoms with Crippen LogP contribution in [0.15, 0.2) is 60.9 Å². The van der Waals surface area contributed by atoms with Crippen molar-refractivity contribution in [2.75, 3.05) is 0 Å². The van der Waals surface area contributed by atoms with Crippen molar-refractivity contribution in [3.63, 3.8) is 0 Å². The Kier molecular flexibility index (Phi) is 6.06. The minimum absolute atomic E-state index is 0.0125. The molecule has 6 nitrogen and oxygen atoms in total. The molecule has 0 aliphatic rings. The number of ether oxygens (including phenoxy) is 1. The molecule has 0 aliphatic heterocycles. The predicted octanol–water partition coefficient (Wildman–Crippen LogP) is 6.09. The fraction of sp³-hybridized carbons (Fsp3) is 0.0870. The SMILES string of the molecule is N=Cc1cncc(-c2c(OCc3ccc(Cl)cc3)ccc(-c3cc(C(F)(F)F)n[nH]3)c2O)c1. The van der Waals surface area contributed by atoms with Crippen molar-refractivity contribution in [2.45, 2.75) is 12.8 Å². The predicted molar refractivity (Wildman–Crippen MR) is 118 cm³/mol. The van der Waals surface area contributed by atoms with Crippen LogP contribution < -0.4 is 4.74 Å². The molecule has 4 aromatic rings. The maximum Gasteiger partial charge on any atom is 0.435 e. The topological polar surface area (TPSA) is 94.9 Å². The average Bonchev–Trinajstić information content (AvgIpc) is 3.29. The number of aromatic amines is 1. The Balaban J connectivity index is 1.79. The Morgan fingerprint density at radius 2 is 1.85 bits per heavy atom. The molecule has 168 valence electrons. The minimum atomic E-state index is -4.63. The van der Waals surface area contributed by atoms with Crippen LogP contribution >= 0.6 is 11.6 Å². The van der Waals surface area contributed by atoms with Gasteiger partial charge in [0.15, 0.2) is 5.69 Å². The number of H-pyrrole nitrogens is 1. The highest BCUT2D eigenvalue weighted by atomic mass is 35.5. The molecule has 4 rings (SSSR count). The molecule has 0 saturated carbocycles. The molecule has 3 N–H and O–H groups in total. The number of phenolic OH excluding ortho intramolecular Hbond substituents is 1. The highest BCUT2D eigenvalue weighted by molar-refractivity contribution is 6.30. The molecular formula is C23H16ClF3N4O2. The van der Waals surface area contributed by atoms with Crippen LogP contribution in [0.4, 0.5) is 13.2 Å². The highest BCUT2D eigenvalue weighted by Gasteiger charge is 2.34. The van der Waals surface area contributed by atoms with Crippen molar-refractivity contribution in [2.24, 2.45) is 0 Å². The van der Waals surface area contributed by atoms with Crippen LogP contribution in [0.25, 0.3) is 22.4 Å². The van der Waals surface area contributed by atoms with Gasteiger partial charge in [-0.25, -0.2) is 0 Å². The van der Waals surface area contributed by atoms with Crippen LogP contribution in [0.2, 0.25) is 5.02 Å². The van der Waals surface area contributed by atoms with E-state index in [1.807, 2.05) is 0 Å². The summed E-state index contributed by atoms with van der Waals surface area (Å²) in [5.74, 6) is -0.0319. The second-order valence-electron chi connectivity index (χ2n) is 7.07. The molecule has 0 saturated heterocycles.